The highest BCUT2D eigenvalue weighted by molar-refractivity contribution is 5.81. The highest BCUT2D eigenvalue weighted by Crippen LogP contribution is 2.24. The first-order chi connectivity index (χ1) is 14.0. The summed E-state index contributed by atoms with van der Waals surface area (Å²) < 4.78 is 11.6. The van der Waals surface area contributed by atoms with Crippen molar-refractivity contribution >= 4 is 11.9 Å². The Morgan fingerprint density at radius 2 is 2.17 bits per heavy atom. The maximum atomic E-state index is 11.9. The molecule has 29 heavy (non-hydrogen) atoms. The largest absolute Gasteiger partial charge is 0.488 e. The lowest BCUT2D eigenvalue weighted by atomic mass is 10.1. The molecule has 2 unspecified atom stereocenters. The molecule has 0 radical (unpaired) electrons. The van der Waals surface area contributed by atoms with Crippen LogP contribution in [0.25, 0.3) is 0 Å². The quantitative estimate of drug-likeness (QED) is 0.412. The van der Waals surface area contributed by atoms with Gasteiger partial charge in [-0.05, 0) is 38.8 Å². The standard InChI is InChI=1S/C22H36N4O3/c1-5-17(4)26-21(27)9-11-24-22(23-6-2)25-14-18-8-7-16(3)13-20(18)29-19-10-12-28-15-19/h7-8,13,17,19H,5-6,9-12,14-15H2,1-4H3,(H,26,27)(H2,23,24,25). The summed E-state index contributed by atoms with van der Waals surface area (Å²) in [6.45, 7) is 11.3. The minimum absolute atomic E-state index is 0.0516. The molecule has 1 saturated heterocycles. The molecule has 0 saturated carbocycles. The Morgan fingerprint density at radius 1 is 1.34 bits per heavy atom. The van der Waals surface area contributed by atoms with Gasteiger partial charge in [0.15, 0.2) is 5.96 Å². The van der Waals surface area contributed by atoms with Crippen molar-refractivity contribution in [2.45, 2.75) is 65.6 Å². The number of benzene rings is 1. The van der Waals surface area contributed by atoms with E-state index in [2.05, 4.69) is 53.0 Å². The van der Waals surface area contributed by atoms with Crippen LogP contribution < -0.4 is 20.7 Å². The van der Waals surface area contributed by atoms with E-state index in [0.29, 0.717) is 32.1 Å². The molecular formula is C22H36N4O3. The van der Waals surface area contributed by atoms with Crippen LogP contribution in [0.1, 0.15) is 51.2 Å². The molecule has 1 amide bonds. The zero-order chi connectivity index (χ0) is 21.1. The van der Waals surface area contributed by atoms with Gasteiger partial charge in [-0.3, -0.25) is 4.79 Å². The normalized spacial score (nSPS) is 17.7. The van der Waals surface area contributed by atoms with Crippen molar-refractivity contribution in [3.05, 3.63) is 29.3 Å². The van der Waals surface area contributed by atoms with Crippen molar-refractivity contribution in [2.75, 3.05) is 26.3 Å². The lowest BCUT2D eigenvalue weighted by molar-refractivity contribution is -0.121. The number of carbonyl (C=O) groups is 1. The van der Waals surface area contributed by atoms with Gasteiger partial charge >= 0.3 is 0 Å². The first-order valence-electron chi connectivity index (χ1n) is 10.7. The molecule has 1 aliphatic rings. The number of nitrogens with zero attached hydrogens (tertiary/aromatic N) is 1. The van der Waals surface area contributed by atoms with E-state index in [-0.39, 0.29) is 18.1 Å². The number of hydrogen-bond acceptors (Lipinski definition) is 4. The summed E-state index contributed by atoms with van der Waals surface area (Å²) in [6.07, 6.45) is 2.36. The second kappa shape index (κ2) is 12.3. The predicted molar refractivity (Wildman–Crippen MR) is 116 cm³/mol. The maximum absolute atomic E-state index is 11.9. The first-order valence-corrected chi connectivity index (χ1v) is 10.7. The number of rotatable bonds is 10. The zero-order valence-corrected chi connectivity index (χ0v) is 18.2. The number of aliphatic imine (C=N–C) groups is 1. The molecule has 1 fully saturated rings. The average Bonchev–Trinajstić information content (AvgIpc) is 3.20. The van der Waals surface area contributed by atoms with Crippen molar-refractivity contribution in [3.8, 4) is 5.75 Å². The smallest absolute Gasteiger partial charge is 0.221 e. The summed E-state index contributed by atoms with van der Waals surface area (Å²) in [6, 6.07) is 6.40. The van der Waals surface area contributed by atoms with Crippen molar-refractivity contribution in [1.29, 1.82) is 0 Å². The number of aryl methyl sites for hydroxylation is 1. The second-order valence-electron chi connectivity index (χ2n) is 7.46. The van der Waals surface area contributed by atoms with Crippen LogP contribution in [0.5, 0.6) is 5.75 Å². The van der Waals surface area contributed by atoms with Crippen LogP contribution in [0.15, 0.2) is 23.2 Å². The molecule has 7 nitrogen and oxygen atoms in total. The third-order valence-electron chi connectivity index (χ3n) is 4.82. The van der Waals surface area contributed by atoms with Crippen LogP contribution in [0.4, 0.5) is 0 Å². The van der Waals surface area contributed by atoms with Gasteiger partial charge in [0, 0.05) is 37.5 Å². The van der Waals surface area contributed by atoms with E-state index in [0.717, 1.165) is 42.9 Å². The molecule has 2 rings (SSSR count). The Hall–Kier alpha value is -2.28. The second-order valence-corrected chi connectivity index (χ2v) is 7.46. The van der Waals surface area contributed by atoms with Crippen LogP contribution >= 0.6 is 0 Å². The fourth-order valence-electron chi connectivity index (χ4n) is 2.94. The number of hydrogen-bond donors (Lipinski definition) is 3. The SMILES string of the molecule is CCNC(=NCc1ccc(C)cc1OC1CCOC1)NCCC(=O)NC(C)CC. The summed E-state index contributed by atoms with van der Waals surface area (Å²) in [4.78, 5) is 16.6. The minimum Gasteiger partial charge on any atom is -0.488 e. The monoisotopic (exact) mass is 404 g/mol. The van der Waals surface area contributed by atoms with E-state index in [1.54, 1.807) is 0 Å². The Labute approximate surface area is 174 Å². The van der Waals surface area contributed by atoms with Crippen molar-refractivity contribution in [3.63, 3.8) is 0 Å². The molecule has 0 aromatic heterocycles. The van der Waals surface area contributed by atoms with Crippen LogP contribution in [0.3, 0.4) is 0 Å². The molecule has 3 N–H and O–H groups in total. The average molecular weight is 405 g/mol. The van der Waals surface area contributed by atoms with Gasteiger partial charge in [-0.2, -0.15) is 0 Å². The van der Waals surface area contributed by atoms with Gasteiger partial charge in [-0.1, -0.05) is 19.1 Å². The molecule has 2 atom stereocenters. The van der Waals surface area contributed by atoms with E-state index < -0.39 is 0 Å². The summed E-state index contributed by atoms with van der Waals surface area (Å²) in [5, 5.41) is 9.44. The summed E-state index contributed by atoms with van der Waals surface area (Å²) >= 11 is 0. The van der Waals surface area contributed by atoms with Crippen molar-refractivity contribution in [1.82, 2.24) is 16.0 Å². The first kappa shape index (κ1) is 23.0. The third kappa shape index (κ3) is 8.31. The van der Waals surface area contributed by atoms with Crippen LogP contribution in [-0.4, -0.2) is 50.3 Å². The highest BCUT2D eigenvalue weighted by atomic mass is 16.5. The Bertz CT molecular complexity index is 672. The summed E-state index contributed by atoms with van der Waals surface area (Å²) in [5.74, 6) is 1.61. The fraction of sp³-hybridized carbons (Fsp3) is 0.636. The van der Waals surface area contributed by atoms with E-state index in [1.165, 1.54) is 0 Å². The molecule has 0 bridgehead atoms. The Kier molecular flexibility index (Phi) is 9.77. The summed E-state index contributed by atoms with van der Waals surface area (Å²) in [5.41, 5.74) is 2.19. The fourth-order valence-corrected chi connectivity index (χ4v) is 2.94. The number of amides is 1. The number of guanidine groups is 1. The van der Waals surface area contributed by atoms with E-state index in [9.17, 15) is 4.79 Å². The molecule has 0 aliphatic carbocycles. The van der Waals surface area contributed by atoms with Crippen LogP contribution in [0, 0.1) is 6.92 Å². The number of ether oxygens (including phenoxy) is 2. The van der Waals surface area contributed by atoms with Crippen molar-refractivity contribution in [2.24, 2.45) is 4.99 Å². The topological polar surface area (TPSA) is 84.0 Å². The van der Waals surface area contributed by atoms with Gasteiger partial charge in [-0.25, -0.2) is 4.99 Å². The molecule has 1 aromatic carbocycles. The van der Waals surface area contributed by atoms with Gasteiger partial charge in [0.1, 0.15) is 11.9 Å². The number of nitrogens with one attached hydrogen (secondary N) is 3. The number of carbonyl (C=O) groups excluding carboxylic acids is 1. The van der Waals surface area contributed by atoms with Gasteiger partial charge in [-0.15, -0.1) is 0 Å². The predicted octanol–water partition coefficient (Wildman–Crippen LogP) is 2.52. The third-order valence-corrected chi connectivity index (χ3v) is 4.82. The van der Waals surface area contributed by atoms with Gasteiger partial charge in [0.25, 0.3) is 0 Å². The van der Waals surface area contributed by atoms with Gasteiger partial charge in [0.2, 0.25) is 5.91 Å². The molecule has 162 valence electrons. The zero-order valence-electron chi connectivity index (χ0n) is 18.2. The van der Waals surface area contributed by atoms with Gasteiger partial charge in [0.05, 0.1) is 19.8 Å². The van der Waals surface area contributed by atoms with Crippen LogP contribution in [-0.2, 0) is 16.1 Å². The van der Waals surface area contributed by atoms with E-state index >= 15 is 0 Å². The lowest BCUT2D eigenvalue weighted by Crippen LogP contribution is -2.40. The minimum atomic E-state index is 0.0516. The van der Waals surface area contributed by atoms with Crippen LogP contribution in [0.2, 0.25) is 0 Å². The highest BCUT2D eigenvalue weighted by Gasteiger charge is 2.18. The molecule has 1 aliphatic heterocycles. The molecular weight excluding hydrogens is 368 g/mol. The van der Waals surface area contributed by atoms with E-state index in [1.807, 2.05) is 13.8 Å². The molecule has 1 heterocycles. The Balaban J connectivity index is 1.94. The Morgan fingerprint density at radius 3 is 2.86 bits per heavy atom. The van der Waals surface area contributed by atoms with E-state index in [4.69, 9.17) is 9.47 Å². The molecule has 7 heteroatoms. The molecule has 0 spiro atoms. The lowest BCUT2D eigenvalue weighted by Gasteiger charge is -2.16. The summed E-state index contributed by atoms with van der Waals surface area (Å²) in [7, 11) is 0. The van der Waals surface area contributed by atoms with Crippen molar-refractivity contribution < 1.29 is 14.3 Å². The molecule has 1 aromatic rings. The van der Waals surface area contributed by atoms with Gasteiger partial charge < -0.3 is 25.4 Å². The maximum Gasteiger partial charge on any atom is 0.221 e.